The van der Waals surface area contributed by atoms with Gasteiger partial charge < -0.3 is 5.11 Å². The minimum absolute atomic E-state index is 0.329. The van der Waals surface area contributed by atoms with Gasteiger partial charge in [0, 0.05) is 4.70 Å². The van der Waals surface area contributed by atoms with Crippen LogP contribution in [0.2, 0.25) is 0 Å². The van der Waals surface area contributed by atoms with Crippen molar-refractivity contribution in [2.24, 2.45) is 0 Å². The topological polar surface area (TPSA) is 20.2 Å². The zero-order valence-electron chi connectivity index (χ0n) is 6.53. The van der Waals surface area contributed by atoms with E-state index in [-0.39, 0.29) is 0 Å². The normalized spacial score (nSPS) is 10.8. The quantitative estimate of drug-likeness (QED) is 0.620. The van der Waals surface area contributed by atoms with E-state index in [9.17, 15) is 5.11 Å². The van der Waals surface area contributed by atoms with Crippen LogP contribution in [0, 0.1) is 6.92 Å². The van der Waals surface area contributed by atoms with Gasteiger partial charge in [-0.1, -0.05) is 0 Å². The van der Waals surface area contributed by atoms with Crippen LogP contribution in [0.3, 0.4) is 0 Å². The van der Waals surface area contributed by atoms with Crippen LogP contribution in [0.25, 0.3) is 10.1 Å². The second-order valence-corrected chi connectivity index (χ2v) is 4.63. The molecule has 0 radical (unpaired) electrons. The Bertz CT molecular complexity index is 431. The molecule has 0 spiro atoms. The molecule has 1 aromatic heterocycles. The molecule has 2 rings (SSSR count). The summed E-state index contributed by atoms with van der Waals surface area (Å²) < 4.78 is 2.08. The van der Waals surface area contributed by atoms with Gasteiger partial charge in [-0.05, 0) is 36.1 Å². The number of aryl methyl sites for hydroxylation is 1. The monoisotopic (exact) mass is 196 g/mol. The van der Waals surface area contributed by atoms with Gasteiger partial charge in [0.2, 0.25) is 0 Å². The fourth-order valence-electron chi connectivity index (χ4n) is 1.28. The lowest BCUT2D eigenvalue weighted by atomic mass is 10.1. The van der Waals surface area contributed by atoms with Crippen LogP contribution in [-0.2, 0) is 0 Å². The number of phenols is 1. The van der Waals surface area contributed by atoms with Gasteiger partial charge in [0.15, 0.2) is 0 Å². The Morgan fingerprint density at radius 2 is 2.08 bits per heavy atom. The summed E-state index contributed by atoms with van der Waals surface area (Å²) in [6, 6.07) is 5.56. The van der Waals surface area contributed by atoms with Crippen LogP contribution < -0.4 is 0 Å². The van der Waals surface area contributed by atoms with Crippen molar-refractivity contribution >= 4 is 34.1 Å². The second-order valence-electron chi connectivity index (χ2n) is 2.76. The first-order valence-corrected chi connectivity index (χ1v) is 4.85. The average Bonchev–Trinajstić information content (AvgIpc) is 2.29. The molecule has 0 fully saturated rings. The molecular formula is C9H8OS2. The van der Waals surface area contributed by atoms with Gasteiger partial charge in [-0.25, -0.2) is 0 Å². The summed E-state index contributed by atoms with van der Waals surface area (Å²) in [6.45, 7) is 1.99. The fraction of sp³-hybridized carbons (Fsp3) is 0.111. The van der Waals surface area contributed by atoms with Crippen LogP contribution in [0.4, 0.5) is 0 Å². The summed E-state index contributed by atoms with van der Waals surface area (Å²) >= 11 is 5.85. The molecule has 0 unspecified atom stereocenters. The molecule has 0 aliphatic rings. The highest BCUT2D eigenvalue weighted by atomic mass is 32.2. The lowest BCUT2D eigenvalue weighted by molar-refractivity contribution is 0.476. The van der Waals surface area contributed by atoms with Gasteiger partial charge in [-0.15, -0.1) is 24.0 Å². The third-order valence-corrected chi connectivity index (χ3v) is 3.10. The van der Waals surface area contributed by atoms with Gasteiger partial charge in [-0.2, -0.15) is 0 Å². The van der Waals surface area contributed by atoms with Gasteiger partial charge in [0.1, 0.15) is 5.75 Å². The summed E-state index contributed by atoms with van der Waals surface area (Å²) in [4.78, 5) is 0. The maximum atomic E-state index is 9.30. The van der Waals surface area contributed by atoms with Crippen molar-refractivity contribution in [2.45, 2.75) is 11.1 Å². The van der Waals surface area contributed by atoms with Crippen LogP contribution in [-0.4, -0.2) is 5.11 Å². The summed E-state index contributed by atoms with van der Waals surface area (Å²) in [5.41, 5.74) is 1.10. The van der Waals surface area contributed by atoms with Crippen molar-refractivity contribution in [1.29, 1.82) is 0 Å². The Kier molecular flexibility index (Phi) is 1.77. The van der Waals surface area contributed by atoms with E-state index in [1.807, 2.05) is 13.0 Å². The predicted molar refractivity (Wildman–Crippen MR) is 55.5 cm³/mol. The molecule has 2 aromatic rings. The first-order chi connectivity index (χ1) is 5.66. The number of rotatable bonds is 0. The van der Waals surface area contributed by atoms with Crippen molar-refractivity contribution in [1.82, 2.24) is 0 Å². The summed E-state index contributed by atoms with van der Waals surface area (Å²) in [6.07, 6.45) is 0. The Balaban J connectivity index is 2.88. The fourth-order valence-corrected chi connectivity index (χ4v) is 2.62. The van der Waals surface area contributed by atoms with Crippen LogP contribution >= 0.6 is 24.0 Å². The van der Waals surface area contributed by atoms with Crippen LogP contribution in [0.15, 0.2) is 22.4 Å². The molecule has 0 amide bonds. The molecule has 0 saturated carbocycles. The first kappa shape index (κ1) is 7.95. The molecule has 0 atom stereocenters. The maximum absolute atomic E-state index is 9.30. The van der Waals surface area contributed by atoms with Gasteiger partial charge in [0.25, 0.3) is 0 Å². The van der Waals surface area contributed by atoms with Gasteiger partial charge in [0.05, 0.1) is 4.21 Å². The lowest BCUT2D eigenvalue weighted by Crippen LogP contribution is -1.71. The summed E-state index contributed by atoms with van der Waals surface area (Å²) in [7, 11) is 0. The molecule has 1 heterocycles. The highest BCUT2D eigenvalue weighted by Crippen LogP contribution is 2.32. The van der Waals surface area contributed by atoms with E-state index in [0.29, 0.717) is 5.75 Å². The molecule has 3 heteroatoms. The standard InChI is InChI=1S/C9H8OS2/c1-5-2-6(10)3-8-7(5)4-9(11)12-8/h2-4,10-11H,1H3. The number of phenolic OH excluding ortho intramolecular Hbond substituents is 1. The Hall–Kier alpha value is -0.670. The molecule has 1 nitrogen and oxygen atoms in total. The smallest absolute Gasteiger partial charge is 0.117 e. The SMILES string of the molecule is Cc1cc(O)cc2sc(S)cc12. The maximum Gasteiger partial charge on any atom is 0.117 e. The van der Waals surface area contributed by atoms with E-state index < -0.39 is 0 Å². The van der Waals surface area contributed by atoms with Crippen molar-refractivity contribution in [3.8, 4) is 5.75 Å². The number of thiol groups is 1. The number of hydrogen-bond acceptors (Lipinski definition) is 3. The number of benzene rings is 1. The predicted octanol–water partition coefficient (Wildman–Crippen LogP) is 3.20. The Morgan fingerprint density at radius 1 is 1.33 bits per heavy atom. The lowest BCUT2D eigenvalue weighted by Gasteiger charge is -1.96. The zero-order chi connectivity index (χ0) is 8.72. The zero-order valence-corrected chi connectivity index (χ0v) is 8.25. The number of aromatic hydroxyl groups is 1. The van der Waals surface area contributed by atoms with E-state index in [1.54, 1.807) is 23.5 Å². The van der Waals surface area contributed by atoms with Crippen LogP contribution in [0.5, 0.6) is 5.75 Å². The van der Waals surface area contributed by atoms with Crippen molar-refractivity contribution < 1.29 is 5.11 Å². The minimum Gasteiger partial charge on any atom is -0.508 e. The molecule has 1 N–H and O–H groups in total. The highest BCUT2D eigenvalue weighted by molar-refractivity contribution is 7.83. The van der Waals surface area contributed by atoms with Crippen molar-refractivity contribution in [2.75, 3.05) is 0 Å². The number of fused-ring (bicyclic) bond motifs is 1. The van der Waals surface area contributed by atoms with E-state index in [0.717, 1.165) is 14.5 Å². The summed E-state index contributed by atoms with van der Waals surface area (Å²) in [5.74, 6) is 0.329. The molecule has 0 aliphatic carbocycles. The average molecular weight is 196 g/mol. The van der Waals surface area contributed by atoms with Gasteiger partial charge in [-0.3, -0.25) is 0 Å². The highest BCUT2D eigenvalue weighted by Gasteiger charge is 2.03. The molecule has 12 heavy (non-hydrogen) atoms. The van der Waals surface area contributed by atoms with Crippen molar-refractivity contribution in [3.63, 3.8) is 0 Å². The third kappa shape index (κ3) is 1.19. The Morgan fingerprint density at radius 3 is 2.83 bits per heavy atom. The first-order valence-electron chi connectivity index (χ1n) is 3.59. The molecular weight excluding hydrogens is 188 g/mol. The molecule has 62 valence electrons. The number of thiophene rings is 1. The van der Waals surface area contributed by atoms with Crippen molar-refractivity contribution in [3.05, 3.63) is 23.8 Å². The molecule has 1 aromatic carbocycles. The molecule has 0 bridgehead atoms. The van der Waals surface area contributed by atoms with E-state index in [2.05, 4.69) is 12.6 Å². The third-order valence-electron chi connectivity index (χ3n) is 1.82. The van der Waals surface area contributed by atoms with E-state index >= 15 is 0 Å². The number of hydrogen-bond donors (Lipinski definition) is 2. The molecule has 0 saturated heterocycles. The van der Waals surface area contributed by atoms with Crippen LogP contribution in [0.1, 0.15) is 5.56 Å². The van der Waals surface area contributed by atoms with E-state index in [1.165, 1.54) is 5.39 Å². The second kappa shape index (κ2) is 2.68. The Labute approximate surface area is 80.1 Å². The minimum atomic E-state index is 0.329. The van der Waals surface area contributed by atoms with E-state index in [4.69, 9.17) is 0 Å². The largest absolute Gasteiger partial charge is 0.508 e. The van der Waals surface area contributed by atoms with Gasteiger partial charge >= 0.3 is 0 Å². The molecule has 0 aliphatic heterocycles. The summed E-state index contributed by atoms with van der Waals surface area (Å²) in [5, 5.41) is 10.5.